The number of aromatic nitrogens is 2. The summed E-state index contributed by atoms with van der Waals surface area (Å²) in [6.07, 6.45) is 2.50. The molecule has 0 saturated heterocycles. The fourth-order valence-corrected chi connectivity index (χ4v) is 2.83. The lowest BCUT2D eigenvalue weighted by molar-refractivity contribution is 0.0631. The Morgan fingerprint density at radius 3 is 2.57 bits per heavy atom. The summed E-state index contributed by atoms with van der Waals surface area (Å²) in [6, 6.07) is 7.32. The van der Waals surface area contributed by atoms with E-state index in [4.69, 9.17) is 4.42 Å². The number of amides is 3. The number of imide groups is 1. The molecule has 4 rings (SSSR count). The van der Waals surface area contributed by atoms with E-state index in [1.807, 2.05) is 4.98 Å². The van der Waals surface area contributed by atoms with E-state index in [0.29, 0.717) is 5.76 Å². The molecule has 2 aromatic heterocycles. The van der Waals surface area contributed by atoms with Gasteiger partial charge in [0, 0.05) is 11.8 Å². The number of anilines is 1. The first-order chi connectivity index (χ1) is 13.4. The Balaban J connectivity index is 1.60. The second-order valence-electron chi connectivity index (χ2n) is 5.98. The Labute approximate surface area is 155 Å². The minimum absolute atomic E-state index is 0.0202. The van der Waals surface area contributed by atoms with Crippen molar-refractivity contribution in [2.75, 3.05) is 5.32 Å². The number of furan rings is 1. The Bertz CT molecular complexity index is 1220. The van der Waals surface area contributed by atoms with Crippen molar-refractivity contribution in [2.45, 2.75) is 6.54 Å². The zero-order valence-electron chi connectivity index (χ0n) is 14.1. The third-order valence-corrected chi connectivity index (χ3v) is 4.19. The van der Waals surface area contributed by atoms with Crippen LogP contribution in [0.2, 0.25) is 0 Å². The Hall–Kier alpha value is -4.21. The summed E-state index contributed by atoms with van der Waals surface area (Å²) in [4.78, 5) is 65.4. The molecule has 0 spiro atoms. The van der Waals surface area contributed by atoms with Crippen LogP contribution in [0.3, 0.4) is 0 Å². The van der Waals surface area contributed by atoms with Gasteiger partial charge in [-0.15, -0.1) is 0 Å². The number of rotatable bonds is 4. The smallest absolute Gasteiger partial charge is 0.325 e. The number of carbonyl (C=O) groups excluding carboxylic acids is 3. The highest BCUT2D eigenvalue weighted by molar-refractivity contribution is 6.22. The highest BCUT2D eigenvalue weighted by Gasteiger charge is 2.36. The molecule has 3 N–H and O–H groups in total. The van der Waals surface area contributed by atoms with Crippen LogP contribution < -0.4 is 16.6 Å². The van der Waals surface area contributed by atoms with Gasteiger partial charge in [0.25, 0.3) is 23.3 Å². The zero-order chi connectivity index (χ0) is 19.8. The van der Waals surface area contributed by atoms with Gasteiger partial charge in [-0.3, -0.25) is 29.1 Å². The molecule has 10 nitrogen and oxygen atoms in total. The summed E-state index contributed by atoms with van der Waals surface area (Å²) >= 11 is 0. The topological polar surface area (TPSA) is 145 Å². The predicted molar refractivity (Wildman–Crippen MR) is 95.0 cm³/mol. The van der Waals surface area contributed by atoms with Crippen molar-refractivity contribution in [1.29, 1.82) is 0 Å². The van der Waals surface area contributed by atoms with Crippen molar-refractivity contribution >= 4 is 23.4 Å². The molecule has 3 heterocycles. The van der Waals surface area contributed by atoms with E-state index in [2.05, 4.69) is 10.3 Å². The van der Waals surface area contributed by atoms with Gasteiger partial charge in [0.05, 0.1) is 23.9 Å². The summed E-state index contributed by atoms with van der Waals surface area (Å²) < 4.78 is 5.17. The van der Waals surface area contributed by atoms with Crippen molar-refractivity contribution in [1.82, 2.24) is 14.9 Å². The maximum Gasteiger partial charge on any atom is 0.325 e. The van der Waals surface area contributed by atoms with Crippen LogP contribution in [-0.2, 0) is 6.54 Å². The minimum Gasteiger partial charge on any atom is -0.467 e. The average molecular weight is 380 g/mol. The molecule has 0 radical (unpaired) electrons. The number of carbonyl (C=O) groups is 3. The van der Waals surface area contributed by atoms with Gasteiger partial charge < -0.3 is 14.7 Å². The van der Waals surface area contributed by atoms with Crippen molar-refractivity contribution in [3.05, 3.63) is 86.1 Å². The van der Waals surface area contributed by atoms with Gasteiger partial charge in [0.15, 0.2) is 0 Å². The molecule has 3 aromatic rings. The van der Waals surface area contributed by atoms with Crippen LogP contribution in [0.25, 0.3) is 0 Å². The van der Waals surface area contributed by atoms with Crippen LogP contribution in [0.5, 0.6) is 0 Å². The molecular weight excluding hydrogens is 368 g/mol. The van der Waals surface area contributed by atoms with Crippen molar-refractivity contribution in [3.63, 3.8) is 0 Å². The van der Waals surface area contributed by atoms with Crippen LogP contribution in [0.4, 0.5) is 5.69 Å². The van der Waals surface area contributed by atoms with Gasteiger partial charge in [0.2, 0.25) is 0 Å². The summed E-state index contributed by atoms with van der Waals surface area (Å²) in [5.74, 6) is -1.26. The van der Waals surface area contributed by atoms with Crippen LogP contribution >= 0.6 is 0 Å². The molecule has 0 fully saturated rings. The number of fused-ring (bicyclic) bond motifs is 1. The molecule has 1 aliphatic rings. The van der Waals surface area contributed by atoms with E-state index < -0.39 is 29.0 Å². The average Bonchev–Trinajstić information content (AvgIpc) is 3.27. The highest BCUT2D eigenvalue weighted by Crippen LogP contribution is 2.26. The number of H-pyrrole nitrogens is 2. The van der Waals surface area contributed by atoms with E-state index in [1.165, 1.54) is 24.5 Å². The van der Waals surface area contributed by atoms with Crippen molar-refractivity contribution < 1.29 is 18.8 Å². The first kappa shape index (κ1) is 17.2. The monoisotopic (exact) mass is 380 g/mol. The zero-order valence-corrected chi connectivity index (χ0v) is 14.1. The summed E-state index contributed by atoms with van der Waals surface area (Å²) in [6.45, 7) is -0.0202. The molecule has 1 aliphatic heterocycles. The Morgan fingerprint density at radius 1 is 1.07 bits per heavy atom. The Kier molecular flexibility index (Phi) is 4.00. The van der Waals surface area contributed by atoms with Gasteiger partial charge in [-0.2, -0.15) is 0 Å². The number of benzene rings is 1. The number of nitrogens with one attached hydrogen (secondary N) is 3. The lowest BCUT2D eigenvalue weighted by atomic mass is 10.1. The number of hydrogen-bond acceptors (Lipinski definition) is 6. The van der Waals surface area contributed by atoms with Gasteiger partial charge in [-0.1, -0.05) is 0 Å². The van der Waals surface area contributed by atoms with E-state index >= 15 is 0 Å². The van der Waals surface area contributed by atoms with E-state index in [-0.39, 0.29) is 28.9 Å². The minimum atomic E-state index is -0.769. The normalized spacial score (nSPS) is 12.9. The molecule has 140 valence electrons. The Morgan fingerprint density at radius 2 is 1.86 bits per heavy atom. The van der Waals surface area contributed by atoms with E-state index in [0.717, 1.165) is 11.1 Å². The summed E-state index contributed by atoms with van der Waals surface area (Å²) in [5, 5.41) is 2.34. The first-order valence-electron chi connectivity index (χ1n) is 8.10. The number of aromatic amines is 2. The molecule has 0 saturated carbocycles. The second kappa shape index (κ2) is 6.50. The van der Waals surface area contributed by atoms with Gasteiger partial charge in [-0.05, 0) is 30.3 Å². The summed E-state index contributed by atoms with van der Waals surface area (Å²) in [7, 11) is 0. The molecular formula is C18H12N4O6. The lowest BCUT2D eigenvalue weighted by Gasteiger charge is -2.11. The molecule has 0 atom stereocenters. The van der Waals surface area contributed by atoms with Crippen LogP contribution in [0.15, 0.2) is 56.8 Å². The van der Waals surface area contributed by atoms with Gasteiger partial charge in [0.1, 0.15) is 11.4 Å². The largest absolute Gasteiger partial charge is 0.467 e. The standard InChI is InChI=1S/C18H12N4O6/c23-14(20-13-7-19-18(27)21-15(13)24)9-3-4-11-12(6-9)17(26)22(16(11)25)8-10-2-1-5-28-10/h1-7H,8H2,(H,20,23)(H2,19,21,24,27). The number of hydrogen-bond donors (Lipinski definition) is 3. The van der Waals surface area contributed by atoms with Crippen molar-refractivity contribution in [3.8, 4) is 0 Å². The lowest BCUT2D eigenvalue weighted by Crippen LogP contribution is -2.28. The van der Waals surface area contributed by atoms with Crippen LogP contribution in [-0.4, -0.2) is 32.6 Å². The SMILES string of the molecule is O=C(Nc1c[nH]c(=O)[nH]c1=O)c1ccc2c(c1)C(=O)N(Cc1ccco1)C2=O. The van der Waals surface area contributed by atoms with Crippen LogP contribution in [0, 0.1) is 0 Å². The second-order valence-corrected chi connectivity index (χ2v) is 5.98. The van der Waals surface area contributed by atoms with Gasteiger partial charge >= 0.3 is 5.69 Å². The van der Waals surface area contributed by atoms with E-state index in [9.17, 15) is 24.0 Å². The maximum absolute atomic E-state index is 12.6. The molecule has 28 heavy (non-hydrogen) atoms. The fraction of sp³-hybridized carbons (Fsp3) is 0.0556. The molecule has 0 bridgehead atoms. The predicted octanol–water partition coefficient (Wildman–Crippen LogP) is 0.705. The third kappa shape index (κ3) is 2.92. The molecule has 3 amide bonds. The molecule has 0 aliphatic carbocycles. The van der Waals surface area contributed by atoms with Crippen LogP contribution in [0.1, 0.15) is 36.8 Å². The quantitative estimate of drug-likeness (QED) is 0.568. The summed E-state index contributed by atoms with van der Waals surface area (Å²) in [5.41, 5.74) is -1.30. The molecule has 10 heteroatoms. The van der Waals surface area contributed by atoms with E-state index in [1.54, 1.807) is 12.1 Å². The third-order valence-electron chi connectivity index (χ3n) is 4.19. The van der Waals surface area contributed by atoms with Crippen molar-refractivity contribution in [2.24, 2.45) is 0 Å². The number of nitrogens with zero attached hydrogens (tertiary/aromatic N) is 1. The van der Waals surface area contributed by atoms with Gasteiger partial charge in [-0.25, -0.2) is 4.79 Å². The molecule has 0 unspecified atom stereocenters. The maximum atomic E-state index is 12.6. The first-order valence-corrected chi connectivity index (χ1v) is 8.10. The highest BCUT2D eigenvalue weighted by atomic mass is 16.3. The fourth-order valence-electron chi connectivity index (χ4n) is 2.83. The molecule has 1 aromatic carbocycles.